The van der Waals surface area contributed by atoms with Crippen molar-refractivity contribution in [2.24, 2.45) is 4.99 Å². The second-order valence-electron chi connectivity index (χ2n) is 10.0. The number of benzene rings is 4. The zero-order valence-corrected chi connectivity index (χ0v) is 21.7. The van der Waals surface area contributed by atoms with Crippen LogP contribution in [0, 0.1) is 0 Å². The molecule has 5 aromatic rings. The minimum absolute atomic E-state index is 0.0295. The molecule has 0 fully saturated rings. The molecule has 0 bridgehead atoms. The number of esters is 1. The number of carbonyl (C=O) groups excluding carboxylic acids is 1. The number of aromatic nitrogens is 2. The first-order valence-electron chi connectivity index (χ1n) is 12.5. The number of carbonyl (C=O) groups is 1. The van der Waals surface area contributed by atoms with Crippen LogP contribution in [0.1, 0.15) is 42.3 Å². The summed E-state index contributed by atoms with van der Waals surface area (Å²) in [4.78, 5) is 17.3. The van der Waals surface area contributed by atoms with Gasteiger partial charge in [-0.2, -0.15) is 5.10 Å². The molecule has 0 spiro atoms. The molecule has 1 heterocycles. The molecule has 0 aliphatic heterocycles. The molecule has 0 N–H and O–H groups in total. The Kier molecular flexibility index (Phi) is 7.00. The van der Waals surface area contributed by atoms with Crippen LogP contribution in [0.2, 0.25) is 0 Å². The molecule has 5 nitrogen and oxygen atoms in total. The Bertz CT molecular complexity index is 1550. The Morgan fingerprint density at radius 1 is 0.816 bits per heavy atom. The predicted molar refractivity (Wildman–Crippen MR) is 153 cm³/mol. The zero-order valence-electron chi connectivity index (χ0n) is 21.7. The smallest absolute Gasteiger partial charge is 0.343 e. The Morgan fingerprint density at radius 2 is 1.45 bits per heavy atom. The van der Waals surface area contributed by atoms with E-state index in [1.165, 1.54) is 5.56 Å². The maximum Gasteiger partial charge on any atom is 0.343 e. The number of ether oxygens (including phenoxy) is 1. The fourth-order valence-corrected chi connectivity index (χ4v) is 4.01. The molecule has 5 heteroatoms. The van der Waals surface area contributed by atoms with Gasteiger partial charge in [0.2, 0.25) is 0 Å². The van der Waals surface area contributed by atoms with E-state index < -0.39 is 0 Å². The standard InChI is InChI=1S/C33H29N3O2/c1-33(2,3)27-18-16-26(17-19-27)32(37)38-29-20-14-24(15-21-29)23-34-31-22-30(25-10-6-4-7-11-25)35-36(31)28-12-8-5-9-13-28/h4-23H,1-3H3. The van der Waals surface area contributed by atoms with E-state index in [1.807, 2.05) is 108 Å². The summed E-state index contributed by atoms with van der Waals surface area (Å²) in [5.41, 5.74) is 5.40. The van der Waals surface area contributed by atoms with E-state index >= 15 is 0 Å². The van der Waals surface area contributed by atoms with Crippen LogP contribution < -0.4 is 4.74 Å². The lowest BCUT2D eigenvalue weighted by molar-refractivity contribution is 0.0734. The van der Waals surface area contributed by atoms with E-state index in [0.717, 1.165) is 22.5 Å². The van der Waals surface area contributed by atoms with Crippen molar-refractivity contribution in [2.45, 2.75) is 26.2 Å². The van der Waals surface area contributed by atoms with E-state index in [-0.39, 0.29) is 11.4 Å². The van der Waals surface area contributed by atoms with Gasteiger partial charge in [-0.15, -0.1) is 0 Å². The molecule has 0 aliphatic carbocycles. The van der Waals surface area contributed by atoms with Gasteiger partial charge in [0.25, 0.3) is 0 Å². The van der Waals surface area contributed by atoms with Crippen LogP contribution in [-0.2, 0) is 5.41 Å². The quantitative estimate of drug-likeness (QED) is 0.136. The SMILES string of the molecule is CC(C)(C)c1ccc(C(=O)Oc2ccc(C=Nc3cc(-c4ccccc4)nn3-c3ccccc3)cc2)cc1. The van der Waals surface area contributed by atoms with Crippen molar-refractivity contribution in [1.29, 1.82) is 0 Å². The lowest BCUT2D eigenvalue weighted by Gasteiger charge is -2.18. The molecular weight excluding hydrogens is 470 g/mol. The van der Waals surface area contributed by atoms with E-state index in [9.17, 15) is 4.79 Å². The number of aliphatic imine (C=N–C) groups is 1. The highest BCUT2D eigenvalue weighted by molar-refractivity contribution is 5.91. The molecule has 5 rings (SSSR count). The molecule has 0 radical (unpaired) electrons. The normalized spacial score (nSPS) is 11.6. The summed E-state index contributed by atoms with van der Waals surface area (Å²) in [7, 11) is 0. The zero-order chi connectivity index (χ0) is 26.5. The average Bonchev–Trinajstić information content (AvgIpc) is 3.38. The molecule has 38 heavy (non-hydrogen) atoms. The molecule has 0 aliphatic rings. The van der Waals surface area contributed by atoms with Gasteiger partial charge in [-0.25, -0.2) is 14.5 Å². The van der Waals surface area contributed by atoms with E-state index in [1.54, 1.807) is 18.3 Å². The van der Waals surface area contributed by atoms with Crippen molar-refractivity contribution < 1.29 is 9.53 Å². The molecule has 0 amide bonds. The summed E-state index contributed by atoms with van der Waals surface area (Å²) >= 11 is 0. The molecule has 1 aromatic heterocycles. The van der Waals surface area contributed by atoms with Crippen molar-refractivity contribution in [3.8, 4) is 22.7 Å². The summed E-state index contributed by atoms with van der Waals surface area (Å²) in [6, 6.07) is 36.8. The number of hydrogen-bond donors (Lipinski definition) is 0. The summed E-state index contributed by atoms with van der Waals surface area (Å²) in [5.74, 6) is 0.809. The van der Waals surface area contributed by atoms with Crippen molar-refractivity contribution in [1.82, 2.24) is 9.78 Å². The molecule has 188 valence electrons. The molecular formula is C33H29N3O2. The number of nitrogens with zero attached hydrogens (tertiary/aromatic N) is 3. The topological polar surface area (TPSA) is 56.5 Å². The van der Waals surface area contributed by atoms with Gasteiger partial charge in [-0.05, 0) is 65.1 Å². The fourth-order valence-electron chi connectivity index (χ4n) is 4.01. The molecule has 0 saturated heterocycles. The highest BCUT2D eigenvalue weighted by atomic mass is 16.5. The van der Waals surface area contributed by atoms with Gasteiger partial charge in [-0.1, -0.05) is 81.4 Å². The van der Waals surface area contributed by atoms with Crippen molar-refractivity contribution in [3.63, 3.8) is 0 Å². The van der Waals surface area contributed by atoms with Gasteiger partial charge in [0.15, 0.2) is 5.82 Å². The third kappa shape index (κ3) is 5.79. The van der Waals surface area contributed by atoms with E-state index in [0.29, 0.717) is 17.1 Å². The van der Waals surface area contributed by atoms with Gasteiger partial charge in [-0.3, -0.25) is 0 Å². The lowest BCUT2D eigenvalue weighted by atomic mass is 9.87. The largest absolute Gasteiger partial charge is 0.423 e. The predicted octanol–water partition coefficient (Wildman–Crippen LogP) is 7.81. The summed E-state index contributed by atoms with van der Waals surface area (Å²) in [5, 5.41) is 4.80. The Hall–Kier alpha value is -4.77. The first-order chi connectivity index (χ1) is 18.4. The maximum atomic E-state index is 12.6. The second kappa shape index (κ2) is 10.7. The number of rotatable bonds is 6. The van der Waals surface area contributed by atoms with Gasteiger partial charge in [0.1, 0.15) is 5.75 Å². The third-order valence-corrected chi connectivity index (χ3v) is 6.18. The summed E-state index contributed by atoms with van der Waals surface area (Å²) in [6.45, 7) is 6.43. The molecule has 0 unspecified atom stereocenters. The Balaban J connectivity index is 1.33. The fraction of sp³-hybridized carbons (Fsp3) is 0.121. The van der Waals surface area contributed by atoms with Crippen LogP contribution >= 0.6 is 0 Å². The van der Waals surface area contributed by atoms with Crippen molar-refractivity contribution in [3.05, 3.63) is 132 Å². The van der Waals surface area contributed by atoms with Gasteiger partial charge >= 0.3 is 5.97 Å². The monoisotopic (exact) mass is 499 g/mol. The Labute approximate surface area is 223 Å². The first kappa shape index (κ1) is 24.9. The van der Waals surface area contributed by atoms with Crippen LogP contribution in [0.5, 0.6) is 5.75 Å². The van der Waals surface area contributed by atoms with E-state index in [2.05, 4.69) is 20.8 Å². The lowest BCUT2D eigenvalue weighted by Crippen LogP contribution is -2.12. The molecule has 4 aromatic carbocycles. The van der Waals surface area contributed by atoms with Gasteiger partial charge in [0, 0.05) is 17.8 Å². The van der Waals surface area contributed by atoms with Gasteiger partial charge in [0.05, 0.1) is 16.9 Å². The molecule has 0 saturated carbocycles. The summed E-state index contributed by atoms with van der Waals surface area (Å²) < 4.78 is 7.41. The maximum absolute atomic E-state index is 12.6. The highest BCUT2D eigenvalue weighted by Crippen LogP contribution is 2.27. The minimum Gasteiger partial charge on any atom is -0.423 e. The Morgan fingerprint density at radius 3 is 2.08 bits per heavy atom. The van der Waals surface area contributed by atoms with Crippen molar-refractivity contribution in [2.75, 3.05) is 0 Å². The second-order valence-corrected chi connectivity index (χ2v) is 10.0. The van der Waals surface area contributed by atoms with Crippen molar-refractivity contribution >= 4 is 18.0 Å². The van der Waals surface area contributed by atoms with E-state index in [4.69, 9.17) is 14.8 Å². The minimum atomic E-state index is -0.382. The van der Waals surface area contributed by atoms with Crippen LogP contribution in [0.4, 0.5) is 5.82 Å². The average molecular weight is 500 g/mol. The van der Waals surface area contributed by atoms with Crippen LogP contribution in [0.3, 0.4) is 0 Å². The van der Waals surface area contributed by atoms with Gasteiger partial charge < -0.3 is 4.74 Å². The van der Waals surface area contributed by atoms with Crippen LogP contribution in [-0.4, -0.2) is 22.0 Å². The molecule has 0 atom stereocenters. The van der Waals surface area contributed by atoms with Crippen LogP contribution in [0.25, 0.3) is 16.9 Å². The number of para-hydroxylation sites is 1. The first-order valence-corrected chi connectivity index (χ1v) is 12.5. The van der Waals surface area contributed by atoms with Crippen LogP contribution in [0.15, 0.2) is 120 Å². The summed E-state index contributed by atoms with van der Waals surface area (Å²) in [6.07, 6.45) is 1.78. The number of hydrogen-bond acceptors (Lipinski definition) is 4. The highest BCUT2D eigenvalue weighted by Gasteiger charge is 2.15. The third-order valence-electron chi connectivity index (χ3n) is 6.18.